The van der Waals surface area contributed by atoms with Crippen molar-refractivity contribution in [1.29, 1.82) is 0 Å². The second kappa shape index (κ2) is 3.84. The number of aryl methyl sites for hydroxylation is 1. The first-order chi connectivity index (χ1) is 6.79. The smallest absolute Gasteiger partial charge is 0.117 e. The van der Waals surface area contributed by atoms with Crippen LogP contribution < -0.4 is 0 Å². The highest BCUT2D eigenvalue weighted by atomic mass is 79.9. The molecule has 0 radical (unpaired) electrons. The first-order valence-corrected chi connectivity index (χ1v) is 4.95. The van der Waals surface area contributed by atoms with Crippen LogP contribution in [0.25, 0.3) is 11.1 Å². The molecule has 0 amide bonds. The van der Waals surface area contributed by atoms with Gasteiger partial charge in [0.05, 0.1) is 0 Å². The van der Waals surface area contributed by atoms with Gasteiger partial charge in [-0.1, -0.05) is 0 Å². The van der Waals surface area contributed by atoms with Gasteiger partial charge in [0.2, 0.25) is 0 Å². The third kappa shape index (κ3) is 1.65. The summed E-state index contributed by atoms with van der Waals surface area (Å²) in [5, 5.41) is 0. The first kappa shape index (κ1) is 9.27. The van der Waals surface area contributed by atoms with Gasteiger partial charge < -0.3 is 0 Å². The van der Waals surface area contributed by atoms with Crippen LogP contribution in [0.1, 0.15) is 5.56 Å². The Labute approximate surface area is 90.4 Å². The minimum absolute atomic E-state index is 0.795. The monoisotopic (exact) mass is 249 g/mol. The summed E-state index contributed by atoms with van der Waals surface area (Å²) in [5.41, 5.74) is 3.19. The second-order valence-electron chi connectivity index (χ2n) is 2.92. The normalized spacial score (nSPS) is 10.1. The molecule has 0 spiro atoms. The van der Waals surface area contributed by atoms with Crippen LogP contribution in [0.4, 0.5) is 0 Å². The predicted molar refractivity (Wildman–Crippen MR) is 57.7 cm³/mol. The number of nitrogens with zero attached hydrogens (tertiary/aromatic N) is 3. The Morgan fingerprint density at radius 1 is 1.14 bits per heavy atom. The SMILES string of the molecule is Cc1ccncc1-c1cncnc1Br. The summed E-state index contributed by atoms with van der Waals surface area (Å²) in [7, 11) is 0. The van der Waals surface area contributed by atoms with E-state index in [4.69, 9.17) is 0 Å². The molecule has 0 saturated heterocycles. The molecule has 4 heteroatoms. The predicted octanol–water partition coefficient (Wildman–Crippen LogP) is 2.61. The average Bonchev–Trinajstić information content (AvgIpc) is 2.20. The molecular formula is C10H8BrN3. The molecule has 0 aromatic carbocycles. The van der Waals surface area contributed by atoms with Crippen LogP contribution in [0, 0.1) is 6.92 Å². The molecule has 0 fully saturated rings. The number of rotatable bonds is 1. The third-order valence-corrected chi connectivity index (χ3v) is 2.62. The molecule has 0 N–H and O–H groups in total. The summed E-state index contributed by atoms with van der Waals surface area (Å²) >= 11 is 3.39. The molecule has 0 saturated carbocycles. The van der Waals surface area contributed by atoms with Crippen LogP contribution in [0.15, 0.2) is 35.6 Å². The van der Waals surface area contributed by atoms with Crippen LogP contribution in [-0.2, 0) is 0 Å². The van der Waals surface area contributed by atoms with E-state index in [0.717, 1.165) is 21.3 Å². The Hall–Kier alpha value is -1.29. The summed E-state index contributed by atoms with van der Waals surface area (Å²) in [6.07, 6.45) is 6.88. The summed E-state index contributed by atoms with van der Waals surface area (Å²) in [6.45, 7) is 2.04. The fraction of sp³-hybridized carbons (Fsp3) is 0.100. The number of pyridine rings is 1. The molecule has 2 aromatic heterocycles. The zero-order valence-corrected chi connectivity index (χ0v) is 9.19. The van der Waals surface area contributed by atoms with Crippen molar-refractivity contribution in [1.82, 2.24) is 15.0 Å². The molecule has 14 heavy (non-hydrogen) atoms. The Balaban J connectivity index is 2.61. The Bertz CT molecular complexity index is 413. The van der Waals surface area contributed by atoms with Crippen LogP contribution in [0.2, 0.25) is 0 Å². The molecule has 0 aliphatic heterocycles. The summed E-state index contributed by atoms with van der Waals surface area (Å²) in [6, 6.07) is 1.97. The Kier molecular flexibility index (Phi) is 2.54. The van der Waals surface area contributed by atoms with E-state index in [1.807, 2.05) is 19.2 Å². The molecule has 2 aromatic rings. The van der Waals surface area contributed by atoms with Crippen LogP contribution >= 0.6 is 15.9 Å². The molecule has 0 aliphatic carbocycles. The van der Waals surface area contributed by atoms with Gasteiger partial charge in [-0.2, -0.15) is 0 Å². The molecule has 3 nitrogen and oxygen atoms in total. The molecule has 2 rings (SSSR count). The third-order valence-electron chi connectivity index (χ3n) is 1.99. The molecule has 70 valence electrons. The van der Waals surface area contributed by atoms with Gasteiger partial charge in [-0.05, 0) is 34.5 Å². The highest BCUT2D eigenvalue weighted by Gasteiger charge is 2.06. The fourth-order valence-corrected chi connectivity index (χ4v) is 1.65. The molecular weight excluding hydrogens is 242 g/mol. The van der Waals surface area contributed by atoms with Gasteiger partial charge in [0, 0.05) is 29.7 Å². The molecule has 0 unspecified atom stereocenters. The lowest BCUT2D eigenvalue weighted by Gasteiger charge is -2.04. The summed E-state index contributed by atoms with van der Waals surface area (Å²) in [5.74, 6) is 0. The number of hydrogen-bond donors (Lipinski definition) is 0. The van der Waals surface area contributed by atoms with Crippen molar-refractivity contribution >= 4 is 15.9 Å². The van der Waals surface area contributed by atoms with Gasteiger partial charge in [-0.25, -0.2) is 9.97 Å². The first-order valence-electron chi connectivity index (χ1n) is 4.15. The van der Waals surface area contributed by atoms with Crippen molar-refractivity contribution < 1.29 is 0 Å². The maximum Gasteiger partial charge on any atom is 0.117 e. The molecule has 0 aliphatic rings. The van der Waals surface area contributed by atoms with Gasteiger partial charge in [-0.15, -0.1) is 0 Å². The van der Waals surface area contributed by atoms with Gasteiger partial charge >= 0.3 is 0 Å². The van der Waals surface area contributed by atoms with E-state index in [0.29, 0.717) is 0 Å². The van der Waals surface area contributed by atoms with E-state index in [2.05, 4.69) is 30.9 Å². The van der Waals surface area contributed by atoms with Crippen molar-refractivity contribution in [3.8, 4) is 11.1 Å². The van der Waals surface area contributed by atoms with Gasteiger partial charge in [0.1, 0.15) is 10.9 Å². The molecule has 2 heterocycles. The van der Waals surface area contributed by atoms with E-state index in [1.165, 1.54) is 6.33 Å². The fourth-order valence-electron chi connectivity index (χ4n) is 1.24. The van der Waals surface area contributed by atoms with E-state index in [1.54, 1.807) is 12.4 Å². The Morgan fingerprint density at radius 2 is 1.93 bits per heavy atom. The zero-order valence-electron chi connectivity index (χ0n) is 7.61. The molecule has 0 bridgehead atoms. The lowest BCUT2D eigenvalue weighted by atomic mass is 10.1. The number of aromatic nitrogens is 3. The van der Waals surface area contributed by atoms with Crippen LogP contribution in [0.3, 0.4) is 0 Å². The quantitative estimate of drug-likeness (QED) is 0.730. The van der Waals surface area contributed by atoms with E-state index in [9.17, 15) is 0 Å². The standard InChI is InChI=1S/C10H8BrN3/c1-7-2-3-12-4-8(7)9-5-13-6-14-10(9)11/h2-6H,1H3. The zero-order chi connectivity index (χ0) is 9.97. The largest absolute Gasteiger partial charge is 0.264 e. The van der Waals surface area contributed by atoms with Gasteiger partial charge in [0.25, 0.3) is 0 Å². The van der Waals surface area contributed by atoms with E-state index < -0.39 is 0 Å². The molecule has 0 atom stereocenters. The van der Waals surface area contributed by atoms with Crippen molar-refractivity contribution in [3.63, 3.8) is 0 Å². The maximum atomic E-state index is 4.09. The summed E-state index contributed by atoms with van der Waals surface area (Å²) < 4.78 is 0.795. The minimum atomic E-state index is 0.795. The topological polar surface area (TPSA) is 38.7 Å². The second-order valence-corrected chi connectivity index (χ2v) is 3.67. The van der Waals surface area contributed by atoms with E-state index in [-0.39, 0.29) is 0 Å². The van der Waals surface area contributed by atoms with Gasteiger partial charge in [0.15, 0.2) is 0 Å². The minimum Gasteiger partial charge on any atom is -0.264 e. The Morgan fingerprint density at radius 3 is 2.64 bits per heavy atom. The van der Waals surface area contributed by atoms with Crippen LogP contribution in [-0.4, -0.2) is 15.0 Å². The van der Waals surface area contributed by atoms with Crippen LogP contribution in [0.5, 0.6) is 0 Å². The number of halogens is 1. The lowest BCUT2D eigenvalue weighted by molar-refractivity contribution is 1.13. The summed E-state index contributed by atoms with van der Waals surface area (Å²) in [4.78, 5) is 12.2. The number of hydrogen-bond acceptors (Lipinski definition) is 3. The van der Waals surface area contributed by atoms with Crippen molar-refractivity contribution in [2.24, 2.45) is 0 Å². The average molecular weight is 250 g/mol. The van der Waals surface area contributed by atoms with Crippen molar-refractivity contribution in [3.05, 3.63) is 41.2 Å². The maximum absolute atomic E-state index is 4.09. The lowest BCUT2D eigenvalue weighted by Crippen LogP contribution is -1.89. The highest BCUT2D eigenvalue weighted by Crippen LogP contribution is 2.26. The highest BCUT2D eigenvalue weighted by molar-refractivity contribution is 9.10. The van der Waals surface area contributed by atoms with Gasteiger partial charge in [-0.3, -0.25) is 4.98 Å². The van der Waals surface area contributed by atoms with Crippen molar-refractivity contribution in [2.75, 3.05) is 0 Å². The van der Waals surface area contributed by atoms with E-state index >= 15 is 0 Å². The van der Waals surface area contributed by atoms with Crippen molar-refractivity contribution in [2.45, 2.75) is 6.92 Å².